The van der Waals surface area contributed by atoms with E-state index < -0.39 is 4.92 Å². The Balaban J connectivity index is 2.25. The van der Waals surface area contributed by atoms with Crippen molar-refractivity contribution in [1.29, 1.82) is 0 Å². The first kappa shape index (κ1) is 17.2. The lowest BCUT2D eigenvalue weighted by atomic mass is 10.0. The Hall–Kier alpha value is -2.15. The van der Waals surface area contributed by atoms with Crippen LogP contribution in [-0.2, 0) is 0 Å². The van der Waals surface area contributed by atoms with Crippen molar-refractivity contribution in [3.05, 3.63) is 57.6 Å². The lowest BCUT2D eigenvalue weighted by Crippen LogP contribution is -2.26. The van der Waals surface area contributed by atoms with Gasteiger partial charge in [0, 0.05) is 42.4 Å². The Morgan fingerprint density at radius 2 is 2.04 bits per heavy atom. The van der Waals surface area contributed by atoms with E-state index in [1.54, 1.807) is 24.3 Å². The molecule has 0 fully saturated rings. The quantitative estimate of drug-likeness (QED) is 0.440. The van der Waals surface area contributed by atoms with E-state index in [0.29, 0.717) is 42.6 Å². The zero-order chi connectivity index (χ0) is 16.7. The van der Waals surface area contributed by atoms with Gasteiger partial charge >= 0.3 is 0 Å². The predicted octanol–water partition coefficient (Wildman–Crippen LogP) is 2.84. The summed E-state index contributed by atoms with van der Waals surface area (Å²) in [5.41, 5.74) is 6.82. The predicted molar refractivity (Wildman–Crippen MR) is 91.0 cm³/mol. The van der Waals surface area contributed by atoms with Crippen LogP contribution in [0.2, 0.25) is 5.02 Å². The van der Waals surface area contributed by atoms with Gasteiger partial charge in [0.05, 0.1) is 4.92 Å². The summed E-state index contributed by atoms with van der Waals surface area (Å²) in [6.45, 7) is 2.35. The zero-order valence-corrected chi connectivity index (χ0v) is 13.3. The van der Waals surface area contributed by atoms with E-state index in [0.717, 1.165) is 5.56 Å². The zero-order valence-electron chi connectivity index (χ0n) is 12.5. The van der Waals surface area contributed by atoms with Crippen LogP contribution in [0.1, 0.15) is 0 Å². The lowest BCUT2D eigenvalue weighted by Gasteiger charge is -2.12. The number of nitro groups is 1. The summed E-state index contributed by atoms with van der Waals surface area (Å²) in [4.78, 5) is 10.6. The number of hydrogen-bond donors (Lipinski definition) is 2. The number of nitro benzene ring substituents is 1. The van der Waals surface area contributed by atoms with Gasteiger partial charge in [0.25, 0.3) is 5.69 Å². The third kappa shape index (κ3) is 4.92. The maximum atomic E-state index is 11.0. The summed E-state index contributed by atoms with van der Waals surface area (Å²) in [6, 6.07) is 11.7. The first-order valence-electron chi connectivity index (χ1n) is 7.20. The fourth-order valence-corrected chi connectivity index (χ4v) is 2.29. The van der Waals surface area contributed by atoms with Crippen molar-refractivity contribution in [2.75, 3.05) is 26.2 Å². The molecule has 0 amide bonds. The van der Waals surface area contributed by atoms with Gasteiger partial charge in [0.1, 0.15) is 12.4 Å². The van der Waals surface area contributed by atoms with Gasteiger partial charge in [-0.05, 0) is 23.8 Å². The number of nitrogens with zero attached hydrogens (tertiary/aromatic N) is 1. The summed E-state index contributed by atoms with van der Waals surface area (Å²) in [6.07, 6.45) is 0. The van der Waals surface area contributed by atoms with Crippen molar-refractivity contribution in [2.45, 2.75) is 0 Å². The topological polar surface area (TPSA) is 90.4 Å². The van der Waals surface area contributed by atoms with Crippen LogP contribution in [0.3, 0.4) is 0 Å². The molecule has 23 heavy (non-hydrogen) atoms. The summed E-state index contributed by atoms with van der Waals surface area (Å²) in [5.74, 6) is 0.576. The minimum atomic E-state index is -0.430. The van der Waals surface area contributed by atoms with E-state index in [4.69, 9.17) is 22.1 Å². The molecule has 0 saturated carbocycles. The molecular weight excluding hydrogens is 318 g/mol. The molecule has 0 unspecified atom stereocenters. The molecule has 0 bridgehead atoms. The largest absolute Gasteiger partial charge is 0.492 e. The molecule has 0 aromatic heterocycles. The number of nitrogens with two attached hydrogens (primary N) is 1. The molecule has 2 aromatic carbocycles. The molecule has 0 aliphatic heterocycles. The lowest BCUT2D eigenvalue weighted by molar-refractivity contribution is -0.384. The first-order chi connectivity index (χ1) is 11.1. The van der Waals surface area contributed by atoms with Gasteiger partial charge in [0.2, 0.25) is 0 Å². The molecule has 3 N–H and O–H groups in total. The van der Waals surface area contributed by atoms with Gasteiger partial charge in [-0.2, -0.15) is 0 Å². The maximum absolute atomic E-state index is 11.0. The summed E-state index contributed by atoms with van der Waals surface area (Å²) >= 11 is 6.01. The van der Waals surface area contributed by atoms with Crippen molar-refractivity contribution in [1.82, 2.24) is 5.32 Å². The SMILES string of the molecule is NCCNCCOc1ccc([N+](=O)[O-])cc1-c1cccc(Cl)c1. The van der Waals surface area contributed by atoms with Crippen molar-refractivity contribution < 1.29 is 9.66 Å². The molecule has 0 spiro atoms. The van der Waals surface area contributed by atoms with E-state index in [2.05, 4.69) is 5.32 Å². The highest BCUT2D eigenvalue weighted by Gasteiger charge is 2.13. The van der Waals surface area contributed by atoms with Gasteiger partial charge in [-0.3, -0.25) is 10.1 Å². The van der Waals surface area contributed by atoms with E-state index >= 15 is 0 Å². The second-order valence-corrected chi connectivity index (χ2v) is 5.27. The van der Waals surface area contributed by atoms with Crippen LogP contribution in [-0.4, -0.2) is 31.2 Å². The standard InChI is InChI=1S/C16H18ClN3O3/c17-13-3-1-2-12(10-13)15-11-14(20(21)22)4-5-16(15)23-9-8-19-7-6-18/h1-5,10-11,19H,6-9,18H2. The molecule has 122 valence electrons. The van der Waals surface area contributed by atoms with Crippen LogP contribution >= 0.6 is 11.6 Å². The molecule has 6 nitrogen and oxygen atoms in total. The monoisotopic (exact) mass is 335 g/mol. The highest BCUT2D eigenvalue weighted by molar-refractivity contribution is 6.30. The molecular formula is C16H18ClN3O3. The van der Waals surface area contributed by atoms with Crippen molar-refractivity contribution in [2.24, 2.45) is 5.73 Å². The van der Waals surface area contributed by atoms with Gasteiger partial charge in [0.15, 0.2) is 0 Å². The highest BCUT2D eigenvalue weighted by Crippen LogP contribution is 2.34. The Labute approximate surface area is 139 Å². The van der Waals surface area contributed by atoms with Crippen LogP contribution in [0.25, 0.3) is 11.1 Å². The fourth-order valence-electron chi connectivity index (χ4n) is 2.10. The van der Waals surface area contributed by atoms with Gasteiger partial charge < -0.3 is 15.8 Å². The smallest absolute Gasteiger partial charge is 0.270 e. The Bertz CT molecular complexity index is 679. The van der Waals surface area contributed by atoms with Crippen molar-refractivity contribution in [3.63, 3.8) is 0 Å². The second kappa shape index (κ2) is 8.47. The average molecular weight is 336 g/mol. The van der Waals surface area contributed by atoms with Crippen LogP contribution in [0.5, 0.6) is 5.75 Å². The number of benzene rings is 2. The van der Waals surface area contributed by atoms with Gasteiger partial charge in [-0.1, -0.05) is 23.7 Å². The molecule has 2 rings (SSSR count). The molecule has 2 aromatic rings. The number of rotatable bonds is 8. The molecule has 0 atom stereocenters. The van der Waals surface area contributed by atoms with E-state index in [-0.39, 0.29) is 5.69 Å². The minimum absolute atomic E-state index is 0.00795. The van der Waals surface area contributed by atoms with Gasteiger partial charge in [-0.15, -0.1) is 0 Å². The summed E-state index contributed by atoms with van der Waals surface area (Å²) < 4.78 is 5.74. The third-order valence-electron chi connectivity index (χ3n) is 3.17. The number of hydrogen-bond acceptors (Lipinski definition) is 5. The highest BCUT2D eigenvalue weighted by atomic mass is 35.5. The van der Waals surface area contributed by atoms with Crippen LogP contribution in [0, 0.1) is 10.1 Å². The molecule has 7 heteroatoms. The van der Waals surface area contributed by atoms with Crippen molar-refractivity contribution >= 4 is 17.3 Å². The Morgan fingerprint density at radius 3 is 2.74 bits per heavy atom. The normalized spacial score (nSPS) is 10.5. The number of halogens is 1. The Kier molecular flexibility index (Phi) is 6.34. The first-order valence-corrected chi connectivity index (χ1v) is 7.57. The Morgan fingerprint density at radius 1 is 1.22 bits per heavy atom. The van der Waals surface area contributed by atoms with Crippen LogP contribution in [0.4, 0.5) is 5.69 Å². The third-order valence-corrected chi connectivity index (χ3v) is 3.40. The molecule has 0 radical (unpaired) electrons. The molecule has 0 aliphatic carbocycles. The van der Waals surface area contributed by atoms with Crippen molar-refractivity contribution in [3.8, 4) is 16.9 Å². The van der Waals surface area contributed by atoms with Crippen LogP contribution < -0.4 is 15.8 Å². The van der Waals surface area contributed by atoms with E-state index in [1.165, 1.54) is 12.1 Å². The second-order valence-electron chi connectivity index (χ2n) is 4.84. The minimum Gasteiger partial charge on any atom is -0.492 e. The average Bonchev–Trinajstić information content (AvgIpc) is 2.54. The van der Waals surface area contributed by atoms with E-state index in [1.807, 2.05) is 6.07 Å². The molecule has 0 heterocycles. The number of ether oxygens (including phenoxy) is 1. The number of non-ortho nitro benzene ring substituents is 1. The van der Waals surface area contributed by atoms with E-state index in [9.17, 15) is 10.1 Å². The fraction of sp³-hybridized carbons (Fsp3) is 0.250. The van der Waals surface area contributed by atoms with Gasteiger partial charge in [-0.25, -0.2) is 0 Å². The summed E-state index contributed by atoms with van der Waals surface area (Å²) in [5, 5.41) is 14.7. The van der Waals surface area contributed by atoms with Crippen LogP contribution in [0.15, 0.2) is 42.5 Å². The number of nitrogens with one attached hydrogen (secondary N) is 1. The maximum Gasteiger partial charge on any atom is 0.270 e. The molecule has 0 aliphatic rings. The summed E-state index contributed by atoms with van der Waals surface area (Å²) in [7, 11) is 0. The molecule has 0 saturated heterocycles.